The number of anilines is 1. The molecule has 0 aliphatic rings. The zero-order valence-corrected chi connectivity index (χ0v) is 23.3. The summed E-state index contributed by atoms with van der Waals surface area (Å²) in [7, 11) is -3.74. The molecule has 2 rings (SSSR count). The molecule has 36 heavy (non-hydrogen) atoms. The summed E-state index contributed by atoms with van der Waals surface area (Å²) in [6.45, 7) is 10.4. The predicted octanol–water partition coefficient (Wildman–Crippen LogP) is 4.61. The lowest BCUT2D eigenvalue weighted by Crippen LogP contribution is -2.52. The summed E-state index contributed by atoms with van der Waals surface area (Å²) in [5, 5.41) is 2.93. The third-order valence-corrected chi connectivity index (χ3v) is 7.36. The molecule has 0 spiro atoms. The quantitative estimate of drug-likeness (QED) is 0.395. The lowest BCUT2D eigenvalue weighted by Gasteiger charge is -2.33. The average molecular weight is 516 g/mol. The Morgan fingerprint density at radius 1 is 0.972 bits per heavy atom. The number of amides is 2. The van der Waals surface area contributed by atoms with Crippen LogP contribution in [-0.2, 0) is 26.2 Å². The van der Waals surface area contributed by atoms with Crippen LogP contribution in [0.2, 0.25) is 0 Å². The second kappa shape index (κ2) is 13.4. The van der Waals surface area contributed by atoms with Crippen LogP contribution in [0.5, 0.6) is 0 Å². The number of hydrogen-bond donors (Lipinski definition) is 1. The van der Waals surface area contributed by atoms with E-state index in [1.54, 1.807) is 12.1 Å². The van der Waals surface area contributed by atoms with E-state index in [4.69, 9.17) is 0 Å². The molecule has 0 saturated heterocycles. The first kappa shape index (κ1) is 29.4. The molecular weight excluding hydrogens is 474 g/mol. The van der Waals surface area contributed by atoms with Gasteiger partial charge in [0.05, 0.1) is 11.9 Å². The van der Waals surface area contributed by atoms with Crippen LogP contribution in [-0.4, -0.2) is 50.5 Å². The van der Waals surface area contributed by atoms with E-state index in [1.165, 1.54) is 4.90 Å². The maximum absolute atomic E-state index is 13.7. The van der Waals surface area contributed by atoms with Crippen LogP contribution in [0, 0.1) is 6.92 Å². The van der Waals surface area contributed by atoms with Gasteiger partial charge in [-0.05, 0) is 48.9 Å². The van der Waals surface area contributed by atoms with Crippen molar-refractivity contribution in [2.45, 2.75) is 72.4 Å². The molecule has 0 bridgehead atoms. The van der Waals surface area contributed by atoms with Gasteiger partial charge in [-0.1, -0.05) is 76.1 Å². The van der Waals surface area contributed by atoms with Crippen LogP contribution < -0.4 is 9.62 Å². The van der Waals surface area contributed by atoms with Gasteiger partial charge in [0.15, 0.2) is 0 Å². The van der Waals surface area contributed by atoms with Gasteiger partial charge in [-0.15, -0.1) is 0 Å². The number of carbonyl (C=O) groups excluding carboxylic acids is 2. The van der Waals surface area contributed by atoms with Gasteiger partial charge in [-0.3, -0.25) is 13.9 Å². The molecule has 7 nitrogen and oxygen atoms in total. The molecule has 8 heteroatoms. The van der Waals surface area contributed by atoms with Crippen molar-refractivity contribution in [1.82, 2.24) is 10.2 Å². The number of benzene rings is 2. The summed E-state index contributed by atoms with van der Waals surface area (Å²) in [5.41, 5.74) is 3.47. The van der Waals surface area contributed by atoms with Gasteiger partial charge >= 0.3 is 0 Å². The largest absolute Gasteiger partial charge is 0.354 e. The second-order valence-electron chi connectivity index (χ2n) is 9.59. The van der Waals surface area contributed by atoms with Crippen molar-refractivity contribution in [3.63, 3.8) is 0 Å². The maximum Gasteiger partial charge on any atom is 0.244 e. The van der Waals surface area contributed by atoms with Crippen LogP contribution in [0.1, 0.15) is 69.6 Å². The van der Waals surface area contributed by atoms with E-state index in [2.05, 4.69) is 19.2 Å². The first-order valence-corrected chi connectivity index (χ1v) is 14.5. The summed E-state index contributed by atoms with van der Waals surface area (Å²) in [6, 6.07) is 14.3. The topological polar surface area (TPSA) is 86.8 Å². The van der Waals surface area contributed by atoms with Gasteiger partial charge in [-0.2, -0.15) is 0 Å². The normalized spacial score (nSPS) is 12.3. The first-order valence-electron chi connectivity index (χ1n) is 12.7. The lowest BCUT2D eigenvalue weighted by atomic mass is 10.0. The van der Waals surface area contributed by atoms with E-state index < -0.39 is 22.0 Å². The van der Waals surface area contributed by atoms with Gasteiger partial charge in [0.25, 0.3) is 0 Å². The van der Waals surface area contributed by atoms with E-state index in [1.807, 2.05) is 57.2 Å². The van der Waals surface area contributed by atoms with Crippen molar-refractivity contribution in [1.29, 1.82) is 0 Å². The Morgan fingerprint density at radius 2 is 1.58 bits per heavy atom. The molecule has 0 radical (unpaired) electrons. The Hall–Kier alpha value is -2.87. The fourth-order valence-corrected chi connectivity index (χ4v) is 4.80. The van der Waals surface area contributed by atoms with Gasteiger partial charge < -0.3 is 10.2 Å². The summed E-state index contributed by atoms with van der Waals surface area (Å²) >= 11 is 0. The smallest absolute Gasteiger partial charge is 0.244 e. The molecular formula is C28H41N3O4S. The molecule has 0 aromatic heterocycles. The number of nitrogens with one attached hydrogen (secondary N) is 1. The zero-order chi connectivity index (χ0) is 26.9. The van der Waals surface area contributed by atoms with E-state index in [-0.39, 0.29) is 19.0 Å². The van der Waals surface area contributed by atoms with Crippen molar-refractivity contribution in [3.05, 3.63) is 65.2 Å². The van der Waals surface area contributed by atoms with Crippen molar-refractivity contribution >= 4 is 27.5 Å². The Kier molecular flexibility index (Phi) is 11.0. The number of hydrogen-bond acceptors (Lipinski definition) is 4. The van der Waals surface area contributed by atoms with E-state index in [0.29, 0.717) is 24.6 Å². The molecule has 1 atom stereocenters. The Morgan fingerprint density at radius 3 is 2.08 bits per heavy atom. The van der Waals surface area contributed by atoms with Crippen LogP contribution in [0.15, 0.2) is 48.5 Å². The van der Waals surface area contributed by atoms with Crippen LogP contribution in [0.4, 0.5) is 5.69 Å². The molecule has 0 aliphatic heterocycles. The predicted molar refractivity (Wildman–Crippen MR) is 146 cm³/mol. The van der Waals surface area contributed by atoms with Gasteiger partial charge in [-0.25, -0.2) is 8.42 Å². The number of rotatable bonds is 13. The Labute approximate surface area is 216 Å². The number of unbranched alkanes of at least 4 members (excludes halogenated alkanes) is 1. The Balaban J connectivity index is 2.39. The molecule has 0 fully saturated rings. The van der Waals surface area contributed by atoms with E-state index in [0.717, 1.165) is 40.1 Å². The third kappa shape index (κ3) is 8.36. The maximum atomic E-state index is 13.7. The zero-order valence-electron chi connectivity index (χ0n) is 22.5. The number of sulfonamides is 1. The first-order chi connectivity index (χ1) is 17.0. The highest BCUT2D eigenvalue weighted by atomic mass is 32.2. The van der Waals surface area contributed by atoms with Crippen molar-refractivity contribution in [2.75, 3.05) is 23.7 Å². The minimum atomic E-state index is -3.74. The minimum absolute atomic E-state index is 0.211. The van der Waals surface area contributed by atoms with Gasteiger partial charge in [0, 0.05) is 13.1 Å². The summed E-state index contributed by atoms with van der Waals surface area (Å²) in [4.78, 5) is 28.3. The molecule has 2 aromatic rings. The number of nitrogens with zero attached hydrogens (tertiary/aromatic N) is 2. The number of aryl methyl sites for hydroxylation is 1. The lowest BCUT2D eigenvalue weighted by molar-refractivity contribution is -0.140. The third-order valence-electron chi connectivity index (χ3n) is 6.22. The van der Waals surface area contributed by atoms with Gasteiger partial charge in [0.2, 0.25) is 21.8 Å². The molecule has 2 aromatic carbocycles. The van der Waals surface area contributed by atoms with Crippen LogP contribution >= 0.6 is 0 Å². The highest BCUT2D eigenvalue weighted by molar-refractivity contribution is 7.92. The molecule has 0 aliphatic carbocycles. The van der Waals surface area contributed by atoms with Crippen LogP contribution in [0.3, 0.4) is 0 Å². The molecule has 198 valence electrons. The van der Waals surface area contributed by atoms with E-state index in [9.17, 15) is 18.0 Å². The highest BCUT2D eigenvalue weighted by Crippen LogP contribution is 2.23. The number of carbonyl (C=O) groups is 2. The van der Waals surface area contributed by atoms with Gasteiger partial charge in [0.1, 0.15) is 12.6 Å². The summed E-state index contributed by atoms with van der Waals surface area (Å²) in [6.07, 6.45) is 3.30. The summed E-state index contributed by atoms with van der Waals surface area (Å²) in [5.74, 6) is -0.348. The van der Waals surface area contributed by atoms with Crippen molar-refractivity contribution < 1.29 is 18.0 Å². The minimum Gasteiger partial charge on any atom is -0.354 e. The van der Waals surface area contributed by atoms with Crippen molar-refractivity contribution in [3.8, 4) is 0 Å². The highest BCUT2D eigenvalue weighted by Gasteiger charge is 2.31. The SMILES string of the molecule is CCCCNC(=O)C(CC)N(Cc1ccc(C)cc1)C(=O)CN(c1ccc(C(C)C)cc1)S(C)(=O)=O. The molecule has 2 amide bonds. The fraction of sp³-hybridized carbons (Fsp3) is 0.500. The molecule has 1 N–H and O–H groups in total. The monoisotopic (exact) mass is 515 g/mol. The second-order valence-corrected chi connectivity index (χ2v) is 11.5. The molecule has 0 saturated carbocycles. The summed E-state index contributed by atoms with van der Waals surface area (Å²) < 4.78 is 26.6. The van der Waals surface area contributed by atoms with E-state index >= 15 is 0 Å². The van der Waals surface area contributed by atoms with Crippen molar-refractivity contribution in [2.24, 2.45) is 0 Å². The standard InChI is InChI=1S/C28H41N3O4S/c1-7-9-18-29-28(33)26(8-2)30(19-23-12-10-22(5)11-13-23)27(32)20-31(36(6,34)35)25-16-14-24(15-17-25)21(3)4/h10-17,21,26H,7-9,18-20H2,1-6H3,(H,29,33). The molecule has 1 unspecified atom stereocenters. The average Bonchev–Trinajstić information content (AvgIpc) is 2.83. The Bertz CT molecular complexity index is 1100. The van der Waals surface area contributed by atoms with Crippen LogP contribution in [0.25, 0.3) is 0 Å². The fourth-order valence-electron chi connectivity index (χ4n) is 3.96. The molecule has 0 heterocycles.